The number of rotatable bonds is 5. The van der Waals surface area contributed by atoms with E-state index in [1.165, 1.54) is 11.5 Å². The second-order valence-electron chi connectivity index (χ2n) is 4.01. The van der Waals surface area contributed by atoms with Crippen LogP contribution in [0.4, 0.5) is 10.8 Å². The van der Waals surface area contributed by atoms with Crippen LogP contribution in [0.25, 0.3) is 0 Å². The Balaban J connectivity index is 2.68. The van der Waals surface area contributed by atoms with Crippen molar-refractivity contribution in [3.63, 3.8) is 0 Å². The number of hydrogen-bond acceptors (Lipinski definition) is 5. The van der Waals surface area contributed by atoms with Crippen LogP contribution in [-0.4, -0.2) is 25.1 Å². The summed E-state index contributed by atoms with van der Waals surface area (Å²) in [4.78, 5) is 2.15. The van der Waals surface area contributed by atoms with E-state index >= 15 is 0 Å². The fraction of sp³-hybridized carbons (Fsp3) is 0.700. The van der Waals surface area contributed by atoms with Gasteiger partial charge in [0.1, 0.15) is 0 Å². The highest BCUT2D eigenvalue weighted by Crippen LogP contribution is 2.37. The van der Waals surface area contributed by atoms with Crippen molar-refractivity contribution in [2.24, 2.45) is 5.92 Å². The molecule has 0 aliphatic rings. The van der Waals surface area contributed by atoms with Crippen molar-refractivity contribution in [2.45, 2.75) is 20.3 Å². The van der Waals surface area contributed by atoms with E-state index in [2.05, 4.69) is 23.1 Å². The van der Waals surface area contributed by atoms with Gasteiger partial charge in [-0.1, -0.05) is 13.8 Å². The number of aromatic nitrogens is 1. The number of nitrogens with two attached hydrogens (primary N) is 1. The maximum atomic E-state index is 5.69. The van der Waals surface area contributed by atoms with E-state index in [1.54, 1.807) is 7.11 Å². The van der Waals surface area contributed by atoms with Crippen LogP contribution in [-0.2, 0) is 0 Å². The van der Waals surface area contributed by atoms with Gasteiger partial charge < -0.3 is 15.4 Å². The van der Waals surface area contributed by atoms with Crippen LogP contribution in [0.15, 0.2) is 0 Å². The molecular formula is C10H19N3OS. The summed E-state index contributed by atoms with van der Waals surface area (Å²) in [7, 11) is 3.66. The largest absolute Gasteiger partial charge is 0.490 e. The molecule has 2 N–H and O–H groups in total. The number of anilines is 2. The summed E-state index contributed by atoms with van der Waals surface area (Å²) in [5.74, 6) is 1.88. The summed E-state index contributed by atoms with van der Waals surface area (Å²) < 4.78 is 9.31. The first-order chi connectivity index (χ1) is 7.06. The number of methoxy groups -OCH3 is 1. The minimum atomic E-state index is 0.480. The summed E-state index contributed by atoms with van der Waals surface area (Å²) in [6, 6.07) is 0. The minimum Gasteiger partial charge on any atom is -0.490 e. The molecule has 0 unspecified atom stereocenters. The molecule has 1 aromatic heterocycles. The zero-order valence-electron chi connectivity index (χ0n) is 9.78. The predicted octanol–water partition coefficient (Wildman–Crippen LogP) is 2.22. The minimum absolute atomic E-state index is 0.480. The number of nitrogen functional groups attached to an aromatic ring is 1. The third-order valence-corrected chi connectivity index (χ3v) is 3.21. The Kier molecular flexibility index (Phi) is 4.20. The second kappa shape index (κ2) is 5.21. The van der Waals surface area contributed by atoms with Gasteiger partial charge in [0.2, 0.25) is 0 Å². The van der Waals surface area contributed by atoms with E-state index in [0.29, 0.717) is 17.5 Å². The lowest BCUT2D eigenvalue weighted by atomic mass is 10.1. The average molecular weight is 229 g/mol. The van der Waals surface area contributed by atoms with Crippen molar-refractivity contribution in [3.8, 4) is 5.75 Å². The fourth-order valence-electron chi connectivity index (χ4n) is 1.27. The molecule has 0 spiro atoms. The molecule has 15 heavy (non-hydrogen) atoms. The molecule has 1 heterocycles. The Morgan fingerprint density at radius 3 is 2.73 bits per heavy atom. The first kappa shape index (κ1) is 12.1. The smallest absolute Gasteiger partial charge is 0.197 e. The van der Waals surface area contributed by atoms with Gasteiger partial charge in [0, 0.05) is 13.6 Å². The van der Waals surface area contributed by atoms with Crippen molar-refractivity contribution >= 4 is 22.4 Å². The van der Waals surface area contributed by atoms with Crippen LogP contribution >= 0.6 is 11.5 Å². The Labute approximate surface area is 95.2 Å². The monoisotopic (exact) mass is 229 g/mol. The molecule has 0 aliphatic carbocycles. The van der Waals surface area contributed by atoms with Crippen molar-refractivity contribution < 1.29 is 4.74 Å². The summed E-state index contributed by atoms with van der Waals surface area (Å²) in [6.07, 6.45) is 1.15. The van der Waals surface area contributed by atoms with Crippen molar-refractivity contribution in [1.82, 2.24) is 4.37 Å². The van der Waals surface area contributed by atoms with Gasteiger partial charge in [-0.3, -0.25) is 0 Å². The lowest BCUT2D eigenvalue weighted by Gasteiger charge is -2.18. The van der Waals surface area contributed by atoms with Crippen molar-refractivity contribution in [1.29, 1.82) is 0 Å². The van der Waals surface area contributed by atoms with E-state index in [1.807, 2.05) is 7.05 Å². The van der Waals surface area contributed by atoms with Crippen LogP contribution in [0.1, 0.15) is 20.3 Å². The summed E-state index contributed by atoms with van der Waals surface area (Å²) in [5.41, 5.74) is 5.69. The Hall–Kier alpha value is -0.970. The van der Waals surface area contributed by atoms with Gasteiger partial charge in [-0.25, -0.2) is 0 Å². The van der Waals surface area contributed by atoms with Crippen LogP contribution < -0.4 is 15.4 Å². The molecule has 86 valence electrons. The van der Waals surface area contributed by atoms with Gasteiger partial charge in [-0.2, -0.15) is 4.37 Å². The molecular weight excluding hydrogens is 210 g/mol. The summed E-state index contributed by atoms with van der Waals surface area (Å²) in [5, 5.41) is 1.01. The van der Waals surface area contributed by atoms with Gasteiger partial charge in [-0.05, 0) is 23.9 Å². The predicted molar refractivity (Wildman–Crippen MR) is 65.8 cm³/mol. The molecule has 4 nitrogen and oxygen atoms in total. The zero-order valence-corrected chi connectivity index (χ0v) is 10.6. The Bertz CT molecular complexity index is 312. The maximum absolute atomic E-state index is 5.69. The fourth-order valence-corrected chi connectivity index (χ4v) is 2.04. The Morgan fingerprint density at radius 2 is 2.20 bits per heavy atom. The molecule has 0 aliphatic heterocycles. The molecule has 5 heteroatoms. The van der Waals surface area contributed by atoms with Gasteiger partial charge >= 0.3 is 0 Å². The molecule has 0 bridgehead atoms. The number of ether oxygens (including phenoxy) is 1. The standard InChI is InChI=1S/C10H19N3OS/c1-7(2)5-6-13(3)10-8(14-4)9(11)12-15-10/h7H,5-6H2,1-4H3,(H2,11,12). The SMILES string of the molecule is COc1c(N)nsc1N(C)CCC(C)C. The van der Waals surface area contributed by atoms with E-state index < -0.39 is 0 Å². The molecule has 0 radical (unpaired) electrons. The van der Waals surface area contributed by atoms with Crippen molar-refractivity contribution in [3.05, 3.63) is 0 Å². The van der Waals surface area contributed by atoms with Crippen molar-refractivity contribution in [2.75, 3.05) is 31.3 Å². The molecule has 0 fully saturated rings. The lowest BCUT2D eigenvalue weighted by Crippen LogP contribution is -2.19. The second-order valence-corrected chi connectivity index (χ2v) is 4.76. The van der Waals surface area contributed by atoms with Gasteiger partial charge in [0.15, 0.2) is 16.6 Å². The molecule has 0 saturated carbocycles. The highest BCUT2D eigenvalue weighted by atomic mass is 32.1. The first-order valence-electron chi connectivity index (χ1n) is 5.06. The van der Waals surface area contributed by atoms with Crippen LogP contribution in [0.5, 0.6) is 5.75 Å². The molecule has 0 amide bonds. The number of nitrogens with zero attached hydrogens (tertiary/aromatic N) is 2. The third-order valence-electron chi connectivity index (χ3n) is 2.25. The molecule has 1 rings (SSSR count). The highest BCUT2D eigenvalue weighted by Gasteiger charge is 2.15. The highest BCUT2D eigenvalue weighted by molar-refractivity contribution is 7.11. The molecule has 0 aromatic carbocycles. The van der Waals surface area contributed by atoms with Crippen LogP contribution in [0.3, 0.4) is 0 Å². The van der Waals surface area contributed by atoms with Crippen LogP contribution in [0.2, 0.25) is 0 Å². The first-order valence-corrected chi connectivity index (χ1v) is 5.83. The molecule has 0 atom stereocenters. The lowest BCUT2D eigenvalue weighted by molar-refractivity contribution is 0.417. The topological polar surface area (TPSA) is 51.4 Å². The Morgan fingerprint density at radius 1 is 1.53 bits per heavy atom. The van der Waals surface area contributed by atoms with Crippen LogP contribution in [0, 0.1) is 5.92 Å². The normalized spacial score (nSPS) is 10.7. The van der Waals surface area contributed by atoms with E-state index in [4.69, 9.17) is 10.5 Å². The van der Waals surface area contributed by atoms with Gasteiger partial charge in [-0.15, -0.1) is 0 Å². The third kappa shape index (κ3) is 2.99. The molecule has 1 aromatic rings. The van der Waals surface area contributed by atoms with Gasteiger partial charge in [0.25, 0.3) is 0 Å². The average Bonchev–Trinajstić information content (AvgIpc) is 2.55. The maximum Gasteiger partial charge on any atom is 0.197 e. The van der Waals surface area contributed by atoms with Gasteiger partial charge in [0.05, 0.1) is 7.11 Å². The summed E-state index contributed by atoms with van der Waals surface area (Å²) in [6.45, 7) is 5.42. The van der Waals surface area contributed by atoms with E-state index in [9.17, 15) is 0 Å². The summed E-state index contributed by atoms with van der Waals surface area (Å²) >= 11 is 1.39. The quantitative estimate of drug-likeness (QED) is 0.841. The number of hydrogen-bond donors (Lipinski definition) is 1. The van der Waals surface area contributed by atoms with E-state index in [-0.39, 0.29) is 0 Å². The molecule has 0 saturated heterocycles. The van der Waals surface area contributed by atoms with E-state index in [0.717, 1.165) is 18.0 Å². The zero-order chi connectivity index (χ0) is 11.4.